The lowest BCUT2D eigenvalue weighted by Crippen LogP contribution is -2.42. The van der Waals surface area contributed by atoms with E-state index in [2.05, 4.69) is 10.1 Å². The Bertz CT molecular complexity index is 564. The Hall–Kier alpha value is -1.85. The van der Waals surface area contributed by atoms with Gasteiger partial charge in [-0.2, -0.15) is 5.10 Å². The van der Waals surface area contributed by atoms with Crippen molar-refractivity contribution in [1.29, 1.82) is 0 Å². The molecule has 3 heterocycles. The SMILES string of the molecule is Cc1nc(C)n([C@H]2CCCN(C(=O)C3=COCCC3)C2)n1. The van der Waals surface area contributed by atoms with Gasteiger partial charge in [0.15, 0.2) is 0 Å². The van der Waals surface area contributed by atoms with Crippen LogP contribution in [-0.2, 0) is 9.53 Å². The van der Waals surface area contributed by atoms with Crippen molar-refractivity contribution in [3.05, 3.63) is 23.5 Å². The average molecular weight is 290 g/mol. The van der Waals surface area contributed by atoms with Crippen LogP contribution in [0, 0.1) is 13.8 Å². The van der Waals surface area contributed by atoms with E-state index in [1.807, 2.05) is 23.4 Å². The van der Waals surface area contributed by atoms with E-state index in [9.17, 15) is 4.79 Å². The molecule has 2 aliphatic heterocycles. The van der Waals surface area contributed by atoms with Crippen LogP contribution in [0.2, 0.25) is 0 Å². The van der Waals surface area contributed by atoms with Crippen molar-refractivity contribution < 1.29 is 9.53 Å². The normalized spacial score (nSPS) is 22.7. The summed E-state index contributed by atoms with van der Waals surface area (Å²) in [6, 6.07) is 0.231. The molecule has 21 heavy (non-hydrogen) atoms. The number of hydrogen-bond acceptors (Lipinski definition) is 4. The highest BCUT2D eigenvalue weighted by Crippen LogP contribution is 2.24. The molecule has 1 saturated heterocycles. The number of piperidine rings is 1. The molecule has 2 aliphatic rings. The highest BCUT2D eigenvalue weighted by Gasteiger charge is 2.28. The number of ether oxygens (including phenoxy) is 1. The molecule has 0 radical (unpaired) electrons. The van der Waals surface area contributed by atoms with Crippen LogP contribution in [-0.4, -0.2) is 45.3 Å². The Morgan fingerprint density at radius 1 is 1.38 bits per heavy atom. The molecule has 3 rings (SSSR count). The zero-order valence-corrected chi connectivity index (χ0v) is 12.7. The number of amides is 1. The van der Waals surface area contributed by atoms with Gasteiger partial charge in [-0.3, -0.25) is 4.79 Å². The molecule has 0 unspecified atom stereocenters. The fraction of sp³-hybridized carbons (Fsp3) is 0.667. The van der Waals surface area contributed by atoms with Crippen molar-refractivity contribution in [2.24, 2.45) is 0 Å². The van der Waals surface area contributed by atoms with Crippen LogP contribution >= 0.6 is 0 Å². The third kappa shape index (κ3) is 2.94. The number of likely N-dealkylation sites (tertiary alicyclic amines) is 1. The molecule has 6 nitrogen and oxygen atoms in total. The highest BCUT2D eigenvalue weighted by atomic mass is 16.5. The van der Waals surface area contributed by atoms with E-state index in [1.54, 1.807) is 6.26 Å². The van der Waals surface area contributed by atoms with Crippen LogP contribution in [0.1, 0.15) is 43.4 Å². The van der Waals surface area contributed by atoms with Crippen molar-refractivity contribution in [1.82, 2.24) is 19.7 Å². The minimum Gasteiger partial charge on any atom is -0.501 e. The Kier molecular flexibility index (Phi) is 3.94. The molecule has 6 heteroatoms. The van der Waals surface area contributed by atoms with Gasteiger partial charge in [-0.25, -0.2) is 9.67 Å². The van der Waals surface area contributed by atoms with Crippen LogP contribution in [0.15, 0.2) is 11.8 Å². The van der Waals surface area contributed by atoms with E-state index in [-0.39, 0.29) is 11.9 Å². The summed E-state index contributed by atoms with van der Waals surface area (Å²) in [4.78, 5) is 18.9. The van der Waals surface area contributed by atoms with Crippen LogP contribution < -0.4 is 0 Å². The third-order valence-corrected chi connectivity index (χ3v) is 4.15. The molecule has 0 bridgehead atoms. The molecule has 0 saturated carbocycles. The van der Waals surface area contributed by atoms with Crippen molar-refractivity contribution in [2.45, 2.75) is 45.6 Å². The second-order valence-electron chi connectivity index (χ2n) is 5.82. The van der Waals surface area contributed by atoms with Crippen molar-refractivity contribution in [3.8, 4) is 0 Å². The van der Waals surface area contributed by atoms with Crippen LogP contribution in [0.4, 0.5) is 0 Å². The van der Waals surface area contributed by atoms with E-state index in [4.69, 9.17) is 4.74 Å². The van der Waals surface area contributed by atoms with Crippen molar-refractivity contribution in [2.75, 3.05) is 19.7 Å². The standard InChI is InChI=1S/C15H22N4O2/c1-11-16-12(2)19(17-11)14-6-3-7-18(9-14)15(20)13-5-4-8-21-10-13/h10,14H,3-9H2,1-2H3/t14-/m0/s1. The first-order chi connectivity index (χ1) is 10.1. The maximum atomic E-state index is 12.6. The number of hydrogen-bond donors (Lipinski definition) is 0. The molecule has 0 aromatic carbocycles. The topological polar surface area (TPSA) is 60.2 Å². The molecule has 0 spiro atoms. The molecule has 0 aliphatic carbocycles. The summed E-state index contributed by atoms with van der Waals surface area (Å²) in [6.07, 6.45) is 5.43. The van der Waals surface area contributed by atoms with E-state index in [0.29, 0.717) is 6.54 Å². The molecule has 1 atom stereocenters. The van der Waals surface area contributed by atoms with E-state index < -0.39 is 0 Å². The second-order valence-corrected chi connectivity index (χ2v) is 5.82. The fourth-order valence-corrected chi connectivity index (χ4v) is 3.15. The van der Waals surface area contributed by atoms with Crippen LogP contribution in [0.3, 0.4) is 0 Å². The van der Waals surface area contributed by atoms with Crippen molar-refractivity contribution >= 4 is 5.91 Å². The van der Waals surface area contributed by atoms with Gasteiger partial charge in [-0.1, -0.05) is 0 Å². The lowest BCUT2D eigenvalue weighted by molar-refractivity contribution is -0.129. The number of carbonyl (C=O) groups is 1. The smallest absolute Gasteiger partial charge is 0.252 e. The van der Waals surface area contributed by atoms with Gasteiger partial charge < -0.3 is 9.64 Å². The Balaban J connectivity index is 1.72. The van der Waals surface area contributed by atoms with Gasteiger partial charge in [0.1, 0.15) is 11.6 Å². The maximum Gasteiger partial charge on any atom is 0.252 e. The molecule has 0 N–H and O–H groups in total. The van der Waals surface area contributed by atoms with E-state index >= 15 is 0 Å². The van der Waals surface area contributed by atoms with Crippen LogP contribution in [0.25, 0.3) is 0 Å². The Morgan fingerprint density at radius 3 is 2.90 bits per heavy atom. The van der Waals surface area contributed by atoms with Gasteiger partial charge in [0, 0.05) is 13.1 Å². The van der Waals surface area contributed by atoms with Crippen LogP contribution in [0.5, 0.6) is 0 Å². The average Bonchev–Trinajstić information content (AvgIpc) is 2.86. The van der Waals surface area contributed by atoms with E-state index in [1.165, 1.54) is 0 Å². The Morgan fingerprint density at radius 2 is 2.24 bits per heavy atom. The number of nitrogens with zero attached hydrogens (tertiary/aromatic N) is 4. The van der Waals surface area contributed by atoms with Gasteiger partial charge in [-0.05, 0) is 39.5 Å². The van der Waals surface area contributed by atoms with Gasteiger partial charge in [0.25, 0.3) is 5.91 Å². The zero-order chi connectivity index (χ0) is 14.8. The maximum absolute atomic E-state index is 12.6. The predicted octanol–water partition coefficient (Wildman–Crippen LogP) is 1.75. The molecule has 1 aromatic heterocycles. The number of carbonyl (C=O) groups excluding carboxylic acids is 1. The third-order valence-electron chi connectivity index (χ3n) is 4.15. The fourth-order valence-electron chi connectivity index (χ4n) is 3.15. The van der Waals surface area contributed by atoms with Gasteiger partial charge in [0.2, 0.25) is 0 Å². The lowest BCUT2D eigenvalue weighted by Gasteiger charge is -2.34. The van der Waals surface area contributed by atoms with Gasteiger partial charge >= 0.3 is 0 Å². The summed E-state index contributed by atoms with van der Waals surface area (Å²) < 4.78 is 7.26. The summed E-state index contributed by atoms with van der Waals surface area (Å²) in [5, 5.41) is 4.47. The summed E-state index contributed by atoms with van der Waals surface area (Å²) in [7, 11) is 0. The first kappa shape index (κ1) is 14.1. The highest BCUT2D eigenvalue weighted by molar-refractivity contribution is 5.93. The molecule has 114 valence electrons. The minimum absolute atomic E-state index is 0.119. The largest absolute Gasteiger partial charge is 0.501 e. The van der Waals surface area contributed by atoms with E-state index in [0.717, 1.165) is 56.1 Å². The number of rotatable bonds is 2. The summed E-state index contributed by atoms with van der Waals surface area (Å²) >= 11 is 0. The minimum atomic E-state index is 0.119. The predicted molar refractivity (Wildman–Crippen MR) is 77.6 cm³/mol. The quantitative estimate of drug-likeness (QED) is 0.832. The monoisotopic (exact) mass is 290 g/mol. The first-order valence-corrected chi connectivity index (χ1v) is 7.65. The van der Waals surface area contributed by atoms with Crippen molar-refractivity contribution in [3.63, 3.8) is 0 Å². The Labute approximate surface area is 124 Å². The second kappa shape index (κ2) is 5.87. The molecular formula is C15H22N4O2. The molecular weight excluding hydrogens is 268 g/mol. The lowest BCUT2D eigenvalue weighted by atomic mass is 10.0. The first-order valence-electron chi connectivity index (χ1n) is 7.65. The summed E-state index contributed by atoms with van der Waals surface area (Å²) in [6.45, 7) is 6.12. The number of aromatic nitrogens is 3. The molecule has 1 fully saturated rings. The van der Waals surface area contributed by atoms with Gasteiger partial charge in [0.05, 0.1) is 24.5 Å². The van der Waals surface area contributed by atoms with Gasteiger partial charge in [-0.15, -0.1) is 0 Å². The molecule has 1 amide bonds. The summed E-state index contributed by atoms with van der Waals surface area (Å²) in [5.74, 6) is 1.83. The molecule has 1 aromatic rings. The zero-order valence-electron chi connectivity index (χ0n) is 12.7. The summed E-state index contributed by atoms with van der Waals surface area (Å²) in [5.41, 5.74) is 0.799. The number of aryl methyl sites for hydroxylation is 2.